The van der Waals surface area contributed by atoms with E-state index >= 15 is 0 Å². The van der Waals surface area contributed by atoms with Gasteiger partial charge in [-0.1, -0.05) is 11.6 Å². The van der Waals surface area contributed by atoms with Crippen LogP contribution in [0.25, 0.3) is 10.9 Å². The molecule has 1 saturated heterocycles. The second-order valence-electron chi connectivity index (χ2n) is 5.67. The predicted octanol–water partition coefficient (Wildman–Crippen LogP) is 4.23. The van der Waals surface area contributed by atoms with E-state index in [2.05, 4.69) is 32.5 Å². The molecule has 0 atom stereocenters. The number of aromatic nitrogens is 1. The van der Waals surface area contributed by atoms with E-state index < -0.39 is 0 Å². The first-order valence-electron chi connectivity index (χ1n) is 8.05. The molecule has 0 unspecified atom stereocenters. The van der Waals surface area contributed by atoms with Gasteiger partial charge >= 0.3 is 0 Å². The number of hydrazone groups is 1. The highest BCUT2D eigenvalue weighted by atomic mass is 35.5. The topological polar surface area (TPSA) is 49.8 Å². The average Bonchev–Trinajstić information content (AvgIpc) is 3.11. The summed E-state index contributed by atoms with van der Waals surface area (Å²) < 4.78 is 5.40. The van der Waals surface area contributed by atoms with Crippen molar-refractivity contribution in [3.8, 4) is 0 Å². The highest BCUT2D eigenvalue weighted by molar-refractivity contribution is 7.17. The zero-order chi connectivity index (χ0) is 17.1. The van der Waals surface area contributed by atoms with Gasteiger partial charge in [0.25, 0.3) is 0 Å². The maximum absolute atomic E-state index is 6.02. The maximum Gasteiger partial charge on any atom is 0.0916 e. The molecule has 3 aromatic rings. The Bertz CT molecular complexity index is 905. The van der Waals surface area contributed by atoms with Crippen molar-refractivity contribution in [3.05, 3.63) is 52.5 Å². The predicted molar refractivity (Wildman–Crippen MR) is 105 cm³/mol. The first-order valence-corrected chi connectivity index (χ1v) is 9.25. The van der Waals surface area contributed by atoms with Gasteiger partial charge in [0.1, 0.15) is 0 Å². The van der Waals surface area contributed by atoms with Gasteiger partial charge in [0.2, 0.25) is 0 Å². The number of pyridine rings is 1. The van der Waals surface area contributed by atoms with E-state index in [0.717, 1.165) is 47.8 Å². The van der Waals surface area contributed by atoms with Crippen LogP contribution >= 0.6 is 22.9 Å². The molecule has 1 aliphatic rings. The van der Waals surface area contributed by atoms with Crippen molar-refractivity contribution in [1.29, 1.82) is 0 Å². The van der Waals surface area contributed by atoms with Gasteiger partial charge in [-0.15, -0.1) is 11.3 Å². The first kappa shape index (κ1) is 16.3. The lowest BCUT2D eigenvalue weighted by Gasteiger charge is -2.27. The minimum atomic E-state index is 0.676. The molecule has 4 rings (SSSR count). The summed E-state index contributed by atoms with van der Waals surface area (Å²) in [6.07, 6.45) is 3.59. The van der Waals surface area contributed by atoms with Gasteiger partial charge in [0.15, 0.2) is 0 Å². The van der Waals surface area contributed by atoms with Crippen molar-refractivity contribution in [3.63, 3.8) is 0 Å². The van der Waals surface area contributed by atoms with Crippen LogP contribution in [0.2, 0.25) is 5.02 Å². The number of hydrogen-bond acceptors (Lipinski definition) is 6. The third kappa shape index (κ3) is 3.76. The molecule has 2 aromatic heterocycles. The van der Waals surface area contributed by atoms with Crippen LogP contribution in [-0.4, -0.2) is 37.5 Å². The molecule has 128 valence electrons. The Morgan fingerprint density at radius 3 is 2.96 bits per heavy atom. The third-order valence-electron chi connectivity index (χ3n) is 4.02. The van der Waals surface area contributed by atoms with Gasteiger partial charge < -0.3 is 9.64 Å². The second-order valence-corrected chi connectivity index (χ2v) is 7.20. The summed E-state index contributed by atoms with van der Waals surface area (Å²) in [6.45, 7) is 3.48. The van der Waals surface area contributed by atoms with Crippen LogP contribution in [0.5, 0.6) is 0 Å². The van der Waals surface area contributed by atoms with E-state index in [1.54, 1.807) is 17.5 Å². The molecule has 0 amide bonds. The van der Waals surface area contributed by atoms with Gasteiger partial charge in [0.05, 0.1) is 35.6 Å². The van der Waals surface area contributed by atoms with Gasteiger partial charge in [-0.25, -0.2) is 0 Å². The first-order chi connectivity index (χ1) is 12.3. The summed E-state index contributed by atoms with van der Waals surface area (Å²) >= 11 is 7.75. The molecule has 0 saturated carbocycles. The Morgan fingerprint density at radius 1 is 1.20 bits per heavy atom. The van der Waals surface area contributed by atoms with Crippen LogP contribution in [0.3, 0.4) is 0 Å². The van der Waals surface area contributed by atoms with Crippen LogP contribution in [-0.2, 0) is 4.74 Å². The number of benzene rings is 1. The lowest BCUT2D eigenvalue weighted by atomic mass is 10.2. The normalized spacial score (nSPS) is 15.2. The minimum absolute atomic E-state index is 0.676. The fourth-order valence-corrected chi connectivity index (χ4v) is 3.85. The zero-order valence-electron chi connectivity index (χ0n) is 13.5. The van der Waals surface area contributed by atoms with Gasteiger partial charge in [-0.2, -0.15) is 5.10 Å². The van der Waals surface area contributed by atoms with E-state index in [4.69, 9.17) is 16.3 Å². The van der Waals surface area contributed by atoms with Gasteiger partial charge in [-0.3, -0.25) is 10.4 Å². The Balaban J connectivity index is 1.47. The van der Waals surface area contributed by atoms with Crippen molar-refractivity contribution >= 4 is 50.7 Å². The number of nitrogens with zero attached hydrogens (tertiary/aromatic N) is 3. The molecule has 1 aliphatic heterocycles. The molecule has 0 spiro atoms. The van der Waals surface area contributed by atoms with E-state index in [1.165, 1.54) is 5.00 Å². The number of hydrogen-bond donors (Lipinski definition) is 1. The third-order valence-corrected chi connectivity index (χ3v) is 5.33. The molecule has 1 fully saturated rings. The molecule has 0 bridgehead atoms. The maximum atomic E-state index is 6.02. The molecule has 1 aromatic carbocycles. The molecule has 5 nitrogen and oxygen atoms in total. The van der Waals surface area contributed by atoms with E-state index in [9.17, 15) is 0 Å². The van der Waals surface area contributed by atoms with Crippen molar-refractivity contribution in [1.82, 2.24) is 4.98 Å². The van der Waals surface area contributed by atoms with E-state index in [0.29, 0.717) is 5.02 Å². The summed E-state index contributed by atoms with van der Waals surface area (Å²) in [6, 6.07) is 11.8. The summed E-state index contributed by atoms with van der Waals surface area (Å²) in [5.41, 5.74) is 4.86. The highest BCUT2D eigenvalue weighted by Crippen LogP contribution is 2.26. The SMILES string of the molecule is Clc1ccc2c(NN=Cc3ccc(N4CCOCC4)s3)ccnc2c1. The Labute approximate surface area is 154 Å². The summed E-state index contributed by atoms with van der Waals surface area (Å²) in [7, 11) is 0. The molecule has 0 radical (unpaired) electrons. The second kappa shape index (κ2) is 7.39. The fraction of sp³-hybridized carbons (Fsp3) is 0.222. The minimum Gasteiger partial charge on any atom is -0.378 e. The highest BCUT2D eigenvalue weighted by Gasteiger charge is 2.12. The van der Waals surface area contributed by atoms with E-state index in [-0.39, 0.29) is 0 Å². The number of anilines is 2. The molecule has 7 heteroatoms. The van der Waals surface area contributed by atoms with Gasteiger partial charge in [-0.05, 0) is 36.4 Å². The van der Waals surface area contributed by atoms with Crippen LogP contribution < -0.4 is 10.3 Å². The summed E-state index contributed by atoms with van der Waals surface area (Å²) in [5.74, 6) is 0. The van der Waals surface area contributed by atoms with Crippen molar-refractivity contribution in [2.24, 2.45) is 5.10 Å². The van der Waals surface area contributed by atoms with Crippen LogP contribution in [0.4, 0.5) is 10.7 Å². The van der Waals surface area contributed by atoms with Crippen LogP contribution in [0, 0.1) is 0 Å². The molecule has 25 heavy (non-hydrogen) atoms. The smallest absolute Gasteiger partial charge is 0.0916 e. The van der Waals surface area contributed by atoms with Crippen LogP contribution in [0.15, 0.2) is 47.7 Å². The number of thiophene rings is 1. The Kier molecular flexibility index (Phi) is 4.83. The average molecular weight is 373 g/mol. The lowest BCUT2D eigenvalue weighted by molar-refractivity contribution is 0.123. The Hall–Kier alpha value is -2.15. The van der Waals surface area contributed by atoms with E-state index in [1.807, 2.05) is 30.5 Å². The Morgan fingerprint density at radius 2 is 2.08 bits per heavy atom. The zero-order valence-corrected chi connectivity index (χ0v) is 15.1. The molecule has 3 heterocycles. The number of halogens is 1. The lowest BCUT2D eigenvalue weighted by Crippen LogP contribution is -2.35. The van der Waals surface area contributed by atoms with Crippen molar-refractivity contribution in [2.45, 2.75) is 0 Å². The summed E-state index contributed by atoms with van der Waals surface area (Å²) in [4.78, 5) is 7.79. The van der Waals surface area contributed by atoms with Gasteiger partial charge in [0, 0.05) is 34.6 Å². The van der Waals surface area contributed by atoms with Crippen molar-refractivity contribution in [2.75, 3.05) is 36.6 Å². The molecule has 0 aliphatic carbocycles. The largest absolute Gasteiger partial charge is 0.378 e. The van der Waals surface area contributed by atoms with Crippen LogP contribution in [0.1, 0.15) is 4.88 Å². The molecular weight excluding hydrogens is 356 g/mol. The number of morpholine rings is 1. The fourth-order valence-electron chi connectivity index (χ4n) is 2.75. The molecular formula is C18H17ClN4OS. The summed E-state index contributed by atoms with van der Waals surface area (Å²) in [5, 5.41) is 7.30. The number of rotatable bonds is 4. The number of ether oxygens (including phenoxy) is 1. The van der Waals surface area contributed by atoms with Crippen molar-refractivity contribution < 1.29 is 4.74 Å². The quantitative estimate of drug-likeness (QED) is 0.550. The monoisotopic (exact) mass is 372 g/mol. The number of nitrogens with one attached hydrogen (secondary N) is 1. The number of fused-ring (bicyclic) bond motifs is 1. The standard InChI is InChI=1S/C18H17ClN4OS/c19-13-1-3-15-16(5-6-20-17(15)11-13)22-21-12-14-2-4-18(25-14)23-7-9-24-10-8-23/h1-6,11-12H,7-10H2,(H,20,22). The molecule has 1 N–H and O–H groups in total.